The molecule has 14 heavy (non-hydrogen) atoms. The van der Waals surface area contributed by atoms with Crippen LogP contribution in [-0.2, 0) is 0 Å². The Morgan fingerprint density at radius 3 is 2.50 bits per heavy atom. The zero-order chi connectivity index (χ0) is 10.6. The fourth-order valence-corrected chi connectivity index (χ4v) is 1.05. The van der Waals surface area contributed by atoms with Gasteiger partial charge in [0.2, 0.25) is 0 Å². The second kappa shape index (κ2) is 4.99. The normalized spacial score (nSPS) is 15.1. The van der Waals surface area contributed by atoms with Gasteiger partial charge in [-0.1, -0.05) is 0 Å². The third kappa shape index (κ3) is 2.73. The molecule has 5 heteroatoms. The second-order valence-electron chi connectivity index (χ2n) is 3.12. The molecule has 1 aromatic heterocycles. The SMILES string of the molecule is Cc1ccc(C(O)C(O)CCO)nn1. The highest BCUT2D eigenvalue weighted by molar-refractivity contribution is 5.08. The summed E-state index contributed by atoms with van der Waals surface area (Å²) in [6.45, 7) is 1.62. The van der Waals surface area contributed by atoms with Crippen molar-refractivity contribution in [1.29, 1.82) is 0 Å². The first-order valence-corrected chi connectivity index (χ1v) is 4.42. The molecular formula is C9H14N2O3. The van der Waals surface area contributed by atoms with E-state index in [0.29, 0.717) is 5.69 Å². The molecule has 0 aromatic carbocycles. The molecule has 3 N–H and O–H groups in total. The molecule has 1 rings (SSSR count). The van der Waals surface area contributed by atoms with Gasteiger partial charge in [0.1, 0.15) is 6.10 Å². The summed E-state index contributed by atoms with van der Waals surface area (Å²) in [5.41, 5.74) is 1.06. The molecule has 2 atom stereocenters. The van der Waals surface area contributed by atoms with Crippen LogP contribution in [-0.4, -0.2) is 38.2 Å². The van der Waals surface area contributed by atoms with Gasteiger partial charge in [0, 0.05) is 6.61 Å². The summed E-state index contributed by atoms with van der Waals surface area (Å²) in [5, 5.41) is 35.0. The lowest BCUT2D eigenvalue weighted by atomic mass is 10.1. The maximum atomic E-state index is 9.55. The number of rotatable bonds is 4. The standard InChI is InChI=1S/C9H14N2O3/c1-6-2-3-7(11-10-6)9(14)8(13)4-5-12/h2-3,8-9,12-14H,4-5H2,1H3. The largest absolute Gasteiger partial charge is 0.396 e. The van der Waals surface area contributed by atoms with Crippen molar-refractivity contribution >= 4 is 0 Å². The lowest BCUT2D eigenvalue weighted by Crippen LogP contribution is -2.20. The van der Waals surface area contributed by atoms with E-state index in [-0.39, 0.29) is 13.0 Å². The van der Waals surface area contributed by atoms with Crippen molar-refractivity contribution in [2.45, 2.75) is 25.6 Å². The highest BCUT2D eigenvalue weighted by Crippen LogP contribution is 2.15. The van der Waals surface area contributed by atoms with Crippen molar-refractivity contribution in [3.63, 3.8) is 0 Å². The van der Waals surface area contributed by atoms with Gasteiger partial charge in [0.15, 0.2) is 0 Å². The van der Waals surface area contributed by atoms with E-state index in [4.69, 9.17) is 5.11 Å². The number of aromatic nitrogens is 2. The smallest absolute Gasteiger partial charge is 0.124 e. The van der Waals surface area contributed by atoms with Gasteiger partial charge in [-0.2, -0.15) is 10.2 Å². The van der Waals surface area contributed by atoms with Crippen LogP contribution in [0.1, 0.15) is 23.9 Å². The number of hydrogen-bond donors (Lipinski definition) is 3. The molecule has 0 aliphatic carbocycles. The van der Waals surface area contributed by atoms with Gasteiger partial charge < -0.3 is 15.3 Å². The first kappa shape index (κ1) is 11.0. The van der Waals surface area contributed by atoms with Gasteiger partial charge in [-0.05, 0) is 25.5 Å². The van der Waals surface area contributed by atoms with Crippen LogP contribution in [0.3, 0.4) is 0 Å². The van der Waals surface area contributed by atoms with E-state index in [1.54, 1.807) is 19.1 Å². The molecule has 0 spiro atoms. The van der Waals surface area contributed by atoms with Gasteiger partial charge in [-0.25, -0.2) is 0 Å². The van der Waals surface area contributed by atoms with E-state index in [1.807, 2.05) is 0 Å². The highest BCUT2D eigenvalue weighted by atomic mass is 16.3. The number of hydrogen-bond acceptors (Lipinski definition) is 5. The Morgan fingerprint density at radius 1 is 1.29 bits per heavy atom. The Labute approximate surface area is 82.0 Å². The summed E-state index contributed by atoms with van der Waals surface area (Å²) in [6, 6.07) is 3.31. The Morgan fingerprint density at radius 2 is 2.00 bits per heavy atom. The summed E-state index contributed by atoms with van der Waals surface area (Å²) in [7, 11) is 0. The Kier molecular flexibility index (Phi) is 3.94. The second-order valence-corrected chi connectivity index (χ2v) is 3.12. The van der Waals surface area contributed by atoms with Crippen molar-refractivity contribution in [3.8, 4) is 0 Å². The van der Waals surface area contributed by atoms with Crippen LogP contribution in [0.5, 0.6) is 0 Å². The minimum Gasteiger partial charge on any atom is -0.396 e. The minimum atomic E-state index is -1.09. The minimum absolute atomic E-state index is 0.122. The zero-order valence-electron chi connectivity index (χ0n) is 7.96. The van der Waals surface area contributed by atoms with E-state index < -0.39 is 12.2 Å². The monoisotopic (exact) mass is 198 g/mol. The number of aryl methyl sites for hydroxylation is 1. The molecule has 1 aromatic rings. The maximum absolute atomic E-state index is 9.55. The van der Waals surface area contributed by atoms with Crippen LogP contribution in [0.25, 0.3) is 0 Å². The van der Waals surface area contributed by atoms with E-state index in [1.165, 1.54) is 0 Å². The van der Waals surface area contributed by atoms with Crippen LogP contribution in [0.15, 0.2) is 12.1 Å². The molecule has 0 radical (unpaired) electrons. The van der Waals surface area contributed by atoms with E-state index in [9.17, 15) is 10.2 Å². The van der Waals surface area contributed by atoms with Crippen LogP contribution < -0.4 is 0 Å². The van der Waals surface area contributed by atoms with Crippen molar-refractivity contribution in [2.24, 2.45) is 0 Å². The van der Waals surface area contributed by atoms with E-state index >= 15 is 0 Å². The third-order valence-electron chi connectivity index (χ3n) is 1.91. The van der Waals surface area contributed by atoms with Crippen molar-refractivity contribution in [2.75, 3.05) is 6.61 Å². The van der Waals surface area contributed by atoms with Crippen LogP contribution in [0.2, 0.25) is 0 Å². The molecular weight excluding hydrogens is 184 g/mol. The number of aliphatic hydroxyl groups is 3. The molecule has 0 bridgehead atoms. The summed E-state index contributed by atoms with van der Waals surface area (Å²) in [4.78, 5) is 0. The van der Waals surface area contributed by atoms with Gasteiger partial charge in [-0.3, -0.25) is 0 Å². The summed E-state index contributed by atoms with van der Waals surface area (Å²) >= 11 is 0. The van der Waals surface area contributed by atoms with Crippen LogP contribution >= 0.6 is 0 Å². The first-order valence-electron chi connectivity index (χ1n) is 4.42. The summed E-state index contributed by atoms with van der Waals surface area (Å²) < 4.78 is 0. The molecule has 0 aliphatic rings. The average molecular weight is 198 g/mol. The number of aliphatic hydroxyl groups excluding tert-OH is 3. The third-order valence-corrected chi connectivity index (χ3v) is 1.91. The quantitative estimate of drug-likeness (QED) is 0.610. The fourth-order valence-electron chi connectivity index (χ4n) is 1.05. The van der Waals surface area contributed by atoms with Gasteiger partial charge in [0.05, 0.1) is 17.5 Å². The summed E-state index contributed by atoms with van der Waals surface area (Å²) in [6.07, 6.45) is -1.97. The number of nitrogens with zero attached hydrogens (tertiary/aromatic N) is 2. The fraction of sp³-hybridized carbons (Fsp3) is 0.556. The zero-order valence-corrected chi connectivity index (χ0v) is 7.96. The Bertz CT molecular complexity index is 276. The molecule has 0 fully saturated rings. The molecule has 78 valence electrons. The molecule has 5 nitrogen and oxygen atoms in total. The van der Waals surface area contributed by atoms with Crippen molar-refractivity contribution in [3.05, 3.63) is 23.5 Å². The predicted octanol–water partition coefficient (Wildman–Crippen LogP) is -0.438. The maximum Gasteiger partial charge on any atom is 0.124 e. The lowest BCUT2D eigenvalue weighted by molar-refractivity contribution is 0.00142. The molecule has 0 saturated carbocycles. The van der Waals surface area contributed by atoms with E-state index in [2.05, 4.69) is 10.2 Å². The lowest BCUT2D eigenvalue weighted by Gasteiger charge is -2.15. The Hall–Kier alpha value is -1.04. The molecule has 0 aliphatic heterocycles. The molecule has 2 unspecified atom stereocenters. The first-order chi connectivity index (χ1) is 6.65. The van der Waals surface area contributed by atoms with Gasteiger partial charge >= 0.3 is 0 Å². The van der Waals surface area contributed by atoms with Crippen molar-refractivity contribution < 1.29 is 15.3 Å². The predicted molar refractivity (Wildman–Crippen MR) is 49.4 cm³/mol. The molecule has 1 heterocycles. The molecule has 0 saturated heterocycles. The van der Waals surface area contributed by atoms with Crippen LogP contribution in [0, 0.1) is 6.92 Å². The van der Waals surface area contributed by atoms with Gasteiger partial charge in [-0.15, -0.1) is 0 Å². The average Bonchev–Trinajstić information content (AvgIpc) is 2.18. The van der Waals surface area contributed by atoms with E-state index in [0.717, 1.165) is 5.69 Å². The Balaban J connectivity index is 2.68. The molecule has 0 amide bonds. The van der Waals surface area contributed by atoms with Crippen molar-refractivity contribution in [1.82, 2.24) is 10.2 Å². The highest BCUT2D eigenvalue weighted by Gasteiger charge is 2.19. The van der Waals surface area contributed by atoms with Crippen LogP contribution in [0.4, 0.5) is 0 Å². The van der Waals surface area contributed by atoms with Gasteiger partial charge in [0.25, 0.3) is 0 Å². The topological polar surface area (TPSA) is 86.5 Å². The summed E-state index contributed by atoms with van der Waals surface area (Å²) in [5.74, 6) is 0.